The second-order valence-electron chi connectivity index (χ2n) is 2.64. The Kier molecular flexibility index (Phi) is 1.24. The maximum atomic E-state index is 5.44. The number of nitrogens with two attached hydrogens (primary N) is 1. The van der Waals surface area contributed by atoms with Gasteiger partial charge < -0.3 is 10.2 Å². The molecule has 2 N–H and O–H groups in total. The average Bonchev–Trinajstić information content (AvgIpc) is 2.69. The summed E-state index contributed by atoms with van der Waals surface area (Å²) in [4.78, 5) is 4.00. The summed E-state index contributed by atoms with van der Waals surface area (Å²) in [5.74, 6) is 1.64. The van der Waals surface area contributed by atoms with E-state index >= 15 is 0 Å². The summed E-state index contributed by atoms with van der Waals surface area (Å²) in [5, 5.41) is 0. The summed E-state index contributed by atoms with van der Waals surface area (Å²) in [6.07, 6.45) is 3.96. The van der Waals surface area contributed by atoms with E-state index in [9.17, 15) is 0 Å². The molecule has 0 aromatic carbocycles. The van der Waals surface area contributed by atoms with Crippen LogP contribution in [0.2, 0.25) is 0 Å². The number of oxazole rings is 1. The van der Waals surface area contributed by atoms with Crippen LogP contribution in [0.5, 0.6) is 0 Å². The number of aromatic nitrogens is 1. The van der Waals surface area contributed by atoms with E-state index < -0.39 is 0 Å². The predicted octanol–water partition coefficient (Wildman–Crippen LogP) is 1.01. The fraction of sp³-hybridized carbons (Fsp3) is 0.571. The minimum Gasteiger partial charge on any atom is -0.448 e. The standard InChI is InChI=1S/C7H10N2O/c8-3-6-7(5-1-2-5)10-4-9-6/h4-5H,1-3,8H2. The Morgan fingerprint density at radius 1 is 1.70 bits per heavy atom. The molecule has 0 radical (unpaired) electrons. The van der Waals surface area contributed by atoms with Crippen LogP contribution in [-0.4, -0.2) is 4.98 Å². The molecule has 0 amide bonds. The van der Waals surface area contributed by atoms with E-state index in [1.807, 2.05) is 0 Å². The van der Waals surface area contributed by atoms with E-state index in [-0.39, 0.29) is 0 Å². The zero-order chi connectivity index (χ0) is 6.97. The van der Waals surface area contributed by atoms with Gasteiger partial charge in [0.1, 0.15) is 5.76 Å². The van der Waals surface area contributed by atoms with Gasteiger partial charge in [-0.2, -0.15) is 0 Å². The molecule has 0 spiro atoms. The molecule has 1 aromatic rings. The average molecular weight is 138 g/mol. The lowest BCUT2D eigenvalue weighted by Crippen LogP contribution is -1.99. The number of hydrogen-bond donors (Lipinski definition) is 1. The third kappa shape index (κ3) is 0.827. The van der Waals surface area contributed by atoms with Gasteiger partial charge in [0.05, 0.1) is 5.69 Å². The van der Waals surface area contributed by atoms with Crippen LogP contribution in [-0.2, 0) is 6.54 Å². The first kappa shape index (κ1) is 5.92. The highest BCUT2D eigenvalue weighted by Crippen LogP contribution is 2.41. The van der Waals surface area contributed by atoms with Gasteiger partial charge in [-0.25, -0.2) is 4.98 Å². The van der Waals surface area contributed by atoms with Crippen molar-refractivity contribution in [2.45, 2.75) is 25.3 Å². The van der Waals surface area contributed by atoms with Gasteiger partial charge in [-0.05, 0) is 12.8 Å². The molecule has 1 aliphatic rings. The maximum Gasteiger partial charge on any atom is 0.181 e. The monoisotopic (exact) mass is 138 g/mol. The molecule has 3 heteroatoms. The highest BCUT2D eigenvalue weighted by molar-refractivity contribution is 5.16. The van der Waals surface area contributed by atoms with Crippen LogP contribution >= 0.6 is 0 Å². The van der Waals surface area contributed by atoms with Crippen molar-refractivity contribution in [3.8, 4) is 0 Å². The van der Waals surface area contributed by atoms with Gasteiger partial charge in [0, 0.05) is 12.5 Å². The van der Waals surface area contributed by atoms with Gasteiger partial charge >= 0.3 is 0 Å². The van der Waals surface area contributed by atoms with Gasteiger partial charge in [-0.1, -0.05) is 0 Å². The van der Waals surface area contributed by atoms with Gasteiger partial charge in [-0.15, -0.1) is 0 Å². The minimum absolute atomic E-state index is 0.502. The van der Waals surface area contributed by atoms with Gasteiger partial charge in [0.2, 0.25) is 0 Å². The van der Waals surface area contributed by atoms with Crippen LogP contribution in [0.25, 0.3) is 0 Å². The van der Waals surface area contributed by atoms with E-state index in [1.54, 1.807) is 0 Å². The quantitative estimate of drug-likeness (QED) is 0.663. The Balaban J connectivity index is 2.28. The van der Waals surface area contributed by atoms with E-state index in [4.69, 9.17) is 10.2 Å². The first-order valence-corrected chi connectivity index (χ1v) is 3.54. The van der Waals surface area contributed by atoms with Crippen LogP contribution in [0.3, 0.4) is 0 Å². The molecule has 0 saturated heterocycles. The van der Waals surface area contributed by atoms with E-state index in [2.05, 4.69) is 4.98 Å². The first-order chi connectivity index (χ1) is 4.92. The van der Waals surface area contributed by atoms with E-state index in [0.717, 1.165) is 11.5 Å². The highest BCUT2D eigenvalue weighted by Gasteiger charge is 2.29. The van der Waals surface area contributed by atoms with Crippen LogP contribution in [0, 0.1) is 0 Å². The fourth-order valence-electron chi connectivity index (χ4n) is 1.11. The lowest BCUT2D eigenvalue weighted by atomic mass is 10.2. The van der Waals surface area contributed by atoms with Crippen LogP contribution in [0.1, 0.15) is 30.2 Å². The largest absolute Gasteiger partial charge is 0.448 e. The van der Waals surface area contributed by atoms with Crippen molar-refractivity contribution < 1.29 is 4.42 Å². The molecule has 10 heavy (non-hydrogen) atoms. The second kappa shape index (κ2) is 2.09. The minimum atomic E-state index is 0.502. The van der Waals surface area contributed by atoms with Gasteiger partial charge in [-0.3, -0.25) is 0 Å². The van der Waals surface area contributed by atoms with Crippen molar-refractivity contribution in [3.05, 3.63) is 17.8 Å². The van der Waals surface area contributed by atoms with Crippen LogP contribution in [0.4, 0.5) is 0 Å². The van der Waals surface area contributed by atoms with Crippen molar-refractivity contribution in [2.75, 3.05) is 0 Å². The van der Waals surface area contributed by atoms with E-state index in [0.29, 0.717) is 12.5 Å². The van der Waals surface area contributed by atoms with Crippen molar-refractivity contribution in [2.24, 2.45) is 5.73 Å². The lowest BCUT2D eigenvalue weighted by Gasteiger charge is -1.91. The fourth-order valence-corrected chi connectivity index (χ4v) is 1.11. The third-order valence-electron chi connectivity index (χ3n) is 1.81. The van der Waals surface area contributed by atoms with Gasteiger partial charge in [0.15, 0.2) is 6.39 Å². The number of nitrogens with zero attached hydrogens (tertiary/aromatic N) is 1. The maximum absolute atomic E-state index is 5.44. The lowest BCUT2D eigenvalue weighted by molar-refractivity contribution is 0.503. The summed E-state index contributed by atoms with van der Waals surface area (Å²) in [5.41, 5.74) is 6.37. The van der Waals surface area contributed by atoms with Crippen molar-refractivity contribution in [1.82, 2.24) is 4.98 Å². The second-order valence-corrected chi connectivity index (χ2v) is 2.64. The molecular weight excluding hydrogens is 128 g/mol. The zero-order valence-electron chi connectivity index (χ0n) is 5.71. The van der Waals surface area contributed by atoms with Crippen molar-refractivity contribution in [1.29, 1.82) is 0 Å². The molecule has 1 aliphatic carbocycles. The molecule has 54 valence electrons. The summed E-state index contributed by atoms with van der Waals surface area (Å²) < 4.78 is 5.19. The Labute approximate surface area is 59.2 Å². The van der Waals surface area contributed by atoms with Gasteiger partial charge in [0.25, 0.3) is 0 Å². The molecule has 1 aromatic heterocycles. The highest BCUT2D eigenvalue weighted by atomic mass is 16.3. The molecule has 0 aliphatic heterocycles. The summed E-state index contributed by atoms with van der Waals surface area (Å²) in [6, 6.07) is 0. The molecule has 0 atom stereocenters. The van der Waals surface area contributed by atoms with Crippen molar-refractivity contribution in [3.63, 3.8) is 0 Å². The predicted molar refractivity (Wildman–Crippen MR) is 36.4 cm³/mol. The van der Waals surface area contributed by atoms with Crippen molar-refractivity contribution >= 4 is 0 Å². The Hall–Kier alpha value is -0.830. The Morgan fingerprint density at radius 2 is 2.50 bits per heavy atom. The molecule has 0 bridgehead atoms. The third-order valence-corrected chi connectivity index (χ3v) is 1.81. The molecule has 1 fully saturated rings. The summed E-state index contributed by atoms with van der Waals surface area (Å²) in [7, 11) is 0. The molecule has 1 saturated carbocycles. The first-order valence-electron chi connectivity index (χ1n) is 3.54. The van der Waals surface area contributed by atoms with Crippen LogP contribution < -0.4 is 5.73 Å². The topological polar surface area (TPSA) is 52.0 Å². The Bertz CT molecular complexity index is 227. The normalized spacial score (nSPS) is 17.7. The molecular formula is C7H10N2O. The summed E-state index contributed by atoms with van der Waals surface area (Å²) in [6.45, 7) is 0.502. The molecule has 2 rings (SSSR count). The molecule has 1 heterocycles. The molecule has 3 nitrogen and oxygen atoms in total. The number of hydrogen-bond acceptors (Lipinski definition) is 3. The smallest absolute Gasteiger partial charge is 0.181 e. The summed E-state index contributed by atoms with van der Waals surface area (Å²) >= 11 is 0. The Morgan fingerprint density at radius 3 is 3.10 bits per heavy atom. The number of rotatable bonds is 2. The van der Waals surface area contributed by atoms with E-state index in [1.165, 1.54) is 19.2 Å². The SMILES string of the molecule is NCc1ncoc1C1CC1. The zero-order valence-corrected chi connectivity index (χ0v) is 5.71. The van der Waals surface area contributed by atoms with Crippen LogP contribution in [0.15, 0.2) is 10.8 Å². The molecule has 0 unspecified atom stereocenters.